The number of amides is 3. The van der Waals surface area contributed by atoms with Crippen molar-refractivity contribution in [3.63, 3.8) is 0 Å². The first kappa shape index (κ1) is 19.9. The summed E-state index contributed by atoms with van der Waals surface area (Å²) in [5.41, 5.74) is 2.06. The first-order valence-electron chi connectivity index (χ1n) is 9.41. The van der Waals surface area contributed by atoms with Crippen LogP contribution in [0, 0.1) is 11.7 Å². The fraction of sp³-hybridized carbons (Fsp3) is 0.364. The Morgan fingerprint density at radius 2 is 1.89 bits per heavy atom. The largest absolute Gasteiger partial charge is 0.333 e. The second-order valence-electron chi connectivity index (χ2n) is 8.31. The number of carbonyl (C=O) groups excluding carboxylic acids is 2. The third kappa shape index (κ3) is 4.50. The molecule has 0 fully saturated rings. The lowest BCUT2D eigenvalue weighted by atomic mass is 9.92. The first-order chi connectivity index (χ1) is 13.1. The van der Waals surface area contributed by atoms with Crippen molar-refractivity contribution in [2.75, 3.05) is 10.2 Å². The van der Waals surface area contributed by atoms with Gasteiger partial charge in [-0.3, -0.25) is 4.79 Å². The molecule has 3 rings (SSSR count). The van der Waals surface area contributed by atoms with Crippen molar-refractivity contribution in [3.8, 4) is 0 Å². The van der Waals surface area contributed by atoms with Crippen LogP contribution in [0.15, 0.2) is 42.5 Å². The predicted octanol–water partition coefficient (Wildman–Crippen LogP) is 4.47. The fourth-order valence-corrected chi connectivity index (χ4v) is 3.34. The number of anilines is 2. The minimum absolute atomic E-state index is 0.0260. The molecule has 0 aromatic heterocycles. The molecule has 148 valence electrons. The van der Waals surface area contributed by atoms with Gasteiger partial charge in [-0.05, 0) is 44.4 Å². The summed E-state index contributed by atoms with van der Waals surface area (Å²) >= 11 is 0. The molecule has 0 aliphatic carbocycles. The molecule has 0 spiro atoms. The molecule has 0 bridgehead atoms. The van der Waals surface area contributed by atoms with Crippen LogP contribution in [0.4, 0.5) is 20.6 Å². The summed E-state index contributed by atoms with van der Waals surface area (Å²) in [5.74, 6) is -0.803. The monoisotopic (exact) mass is 383 g/mol. The number of halogens is 1. The van der Waals surface area contributed by atoms with Crippen LogP contribution in [-0.4, -0.2) is 17.5 Å². The fourth-order valence-electron chi connectivity index (χ4n) is 3.34. The minimum atomic E-state index is -0.566. The molecule has 6 heteroatoms. The number of benzene rings is 2. The molecule has 2 N–H and O–H groups in total. The van der Waals surface area contributed by atoms with E-state index in [1.54, 1.807) is 11.0 Å². The molecule has 2 aromatic rings. The number of fused-ring (bicyclic) bond motifs is 1. The standard InChI is InChI=1S/C22H26FN3O2/c1-14-10-16-11-18(24-21(28)25-22(2,3)4)17(23)12-19(16)26(20(14)27)13-15-8-6-5-7-9-15/h5-9,11-12,14H,10,13H2,1-4H3,(H2,24,25,28). The summed E-state index contributed by atoms with van der Waals surface area (Å²) in [6.45, 7) is 7.80. The highest BCUT2D eigenvalue weighted by Crippen LogP contribution is 2.35. The summed E-state index contributed by atoms with van der Waals surface area (Å²) in [5, 5.41) is 5.33. The lowest BCUT2D eigenvalue weighted by molar-refractivity contribution is -0.122. The summed E-state index contributed by atoms with van der Waals surface area (Å²) < 4.78 is 14.7. The Bertz CT molecular complexity index is 891. The van der Waals surface area contributed by atoms with E-state index >= 15 is 0 Å². The molecule has 0 saturated carbocycles. The van der Waals surface area contributed by atoms with Gasteiger partial charge in [0.25, 0.3) is 0 Å². The molecule has 1 aliphatic heterocycles. The van der Waals surface area contributed by atoms with E-state index in [2.05, 4.69) is 10.6 Å². The van der Waals surface area contributed by atoms with E-state index in [1.807, 2.05) is 58.0 Å². The van der Waals surface area contributed by atoms with E-state index in [9.17, 15) is 14.0 Å². The van der Waals surface area contributed by atoms with Gasteiger partial charge in [0.15, 0.2) is 0 Å². The van der Waals surface area contributed by atoms with E-state index in [0.717, 1.165) is 11.1 Å². The maximum Gasteiger partial charge on any atom is 0.319 e. The average molecular weight is 383 g/mol. The molecule has 1 unspecified atom stereocenters. The van der Waals surface area contributed by atoms with Gasteiger partial charge in [-0.25, -0.2) is 9.18 Å². The van der Waals surface area contributed by atoms with E-state index in [0.29, 0.717) is 18.7 Å². The van der Waals surface area contributed by atoms with Gasteiger partial charge in [-0.2, -0.15) is 0 Å². The van der Waals surface area contributed by atoms with E-state index < -0.39 is 17.4 Å². The van der Waals surface area contributed by atoms with Gasteiger partial charge in [-0.1, -0.05) is 37.3 Å². The third-order valence-corrected chi connectivity index (χ3v) is 4.59. The summed E-state index contributed by atoms with van der Waals surface area (Å²) in [6.07, 6.45) is 0.509. The first-order valence-corrected chi connectivity index (χ1v) is 9.41. The molecule has 2 aromatic carbocycles. The van der Waals surface area contributed by atoms with Gasteiger partial charge in [0.2, 0.25) is 5.91 Å². The van der Waals surface area contributed by atoms with Crippen LogP contribution in [0.2, 0.25) is 0 Å². The Kier molecular flexibility index (Phi) is 5.40. The SMILES string of the molecule is CC1Cc2cc(NC(=O)NC(C)(C)C)c(F)cc2N(Cc2ccccc2)C1=O. The zero-order valence-electron chi connectivity index (χ0n) is 16.7. The van der Waals surface area contributed by atoms with Crippen LogP contribution in [0.3, 0.4) is 0 Å². The zero-order valence-corrected chi connectivity index (χ0v) is 16.7. The second kappa shape index (κ2) is 7.62. The van der Waals surface area contributed by atoms with Gasteiger partial charge in [0, 0.05) is 17.5 Å². The third-order valence-electron chi connectivity index (χ3n) is 4.59. The lowest BCUT2D eigenvalue weighted by Gasteiger charge is -2.33. The minimum Gasteiger partial charge on any atom is -0.333 e. The highest BCUT2D eigenvalue weighted by molar-refractivity contribution is 5.99. The molecule has 0 saturated heterocycles. The van der Waals surface area contributed by atoms with Gasteiger partial charge in [0.1, 0.15) is 5.82 Å². The highest BCUT2D eigenvalue weighted by Gasteiger charge is 2.31. The average Bonchev–Trinajstić information content (AvgIpc) is 2.60. The predicted molar refractivity (Wildman–Crippen MR) is 109 cm³/mol. The van der Waals surface area contributed by atoms with E-state index in [-0.39, 0.29) is 17.5 Å². The van der Waals surface area contributed by atoms with Crippen molar-refractivity contribution < 1.29 is 14.0 Å². The Balaban J connectivity index is 1.90. The van der Waals surface area contributed by atoms with Gasteiger partial charge in [-0.15, -0.1) is 0 Å². The van der Waals surface area contributed by atoms with Crippen LogP contribution >= 0.6 is 0 Å². The smallest absolute Gasteiger partial charge is 0.319 e. The summed E-state index contributed by atoms with van der Waals surface area (Å²) in [7, 11) is 0. The zero-order chi connectivity index (χ0) is 20.5. The van der Waals surface area contributed by atoms with E-state index in [1.165, 1.54) is 6.07 Å². The normalized spacial score (nSPS) is 16.5. The van der Waals surface area contributed by atoms with Crippen molar-refractivity contribution in [3.05, 3.63) is 59.4 Å². The number of hydrogen-bond acceptors (Lipinski definition) is 2. The number of nitrogens with one attached hydrogen (secondary N) is 2. The molecule has 5 nitrogen and oxygen atoms in total. The quantitative estimate of drug-likeness (QED) is 0.821. The molecule has 0 radical (unpaired) electrons. The maximum atomic E-state index is 14.7. The number of rotatable bonds is 3. The summed E-state index contributed by atoms with van der Waals surface area (Å²) in [4.78, 5) is 26.5. The Hall–Kier alpha value is -2.89. The Morgan fingerprint density at radius 3 is 2.54 bits per heavy atom. The van der Waals surface area contributed by atoms with Crippen molar-refractivity contribution >= 4 is 23.3 Å². The molecule has 1 atom stereocenters. The molecular formula is C22H26FN3O2. The molecule has 3 amide bonds. The van der Waals surface area contributed by atoms with Crippen LogP contribution in [0.1, 0.15) is 38.8 Å². The Morgan fingerprint density at radius 1 is 1.21 bits per heavy atom. The molecular weight excluding hydrogens is 357 g/mol. The van der Waals surface area contributed by atoms with Crippen LogP contribution in [0.5, 0.6) is 0 Å². The lowest BCUT2D eigenvalue weighted by Crippen LogP contribution is -2.43. The van der Waals surface area contributed by atoms with Crippen molar-refractivity contribution in [1.29, 1.82) is 0 Å². The van der Waals surface area contributed by atoms with Gasteiger partial charge >= 0.3 is 6.03 Å². The van der Waals surface area contributed by atoms with Crippen molar-refractivity contribution in [2.45, 2.75) is 46.2 Å². The molecule has 28 heavy (non-hydrogen) atoms. The maximum absolute atomic E-state index is 14.7. The van der Waals surface area contributed by atoms with Crippen LogP contribution in [-0.2, 0) is 17.8 Å². The Labute approximate surface area is 164 Å². The second-order valence-corrected chi connectivity index (χ2v) is 8.31. The number of hydrogen-bond donors (Lipinski definition) is 2. The highest BCUT2D eigenvalue weighted by atomic mass is 19.1. The summed E-state index contributed by atoms with van der Waals surface area (Å²) in [6, 6.07) is 12.1. The molecule has 1 aliphatic rings. The molecule has 1 heterocycles. The van der Waals surface area contributed by atoms with Crippen molar-refractivity contribution in [1.82, 2.24) is 5.32 Å². The topological polar surface area (TPSA) is 61.4 Å². The van der Waals surface area contributed by atoms with Gasteiger partial charge in [0.05, 0.1) is 17.9 Å². The number of urea groups is 1. The van der Waals surface area contributed by atoms with Crippen LogP contribution < -0.4 is 15.5 Å². The van der Waals surface area contributed by atoms with Crippen LogP contribution in [0.25, 0.3) is 0 Å². The number of carbonyl (C=O) groups is 2. The number of nitrogens with zero attached hydrogens (tertiary/aromatic N) is 1. The van der Waals surface area contributed by atoms with Gasteiger partial charge < -0.3 is 15.5 Å². The van der Waals surface area contributed by atoms with Crippen molar-refractivity contribution in [2.24, 2.45) is 5.92 Å². The van der Waals surface area contributed by atoms with E-state index in [4.69, 9.17) is 0 Å².